The Morgan fingerprint density at radius 3 is 2.58 bits per heavy atom. The summed E-state index contributed by atoms with van der Waals surface area (Å²) in [6, 6.07) is 5.12. The van der Waals surface area contributed by atoms with Gasteiger partial charge in [-0.25, -0.2) is 4.98 Å². The van der Waals surface area contributed by atoms with Crippen LogP contribution in [-0.4, -0.2) is 29.9 Å². The molecule has 3 N–H and O–H groups in total. The van der Waals surface area contributed by atoms with Gasteiger partial charge >= 0.3 is 0 Å². The Balaban J connectivity index is 1.79. The van der Waals surface area contributed by atoms with E-state index in [0.29, 0.717) is 17.7 Å². The van der Waals surface area contributed by atoms with Crippen molar-refractivity contribution in [3.05, 3.63) is 45.4 Å². The lowest BCUT2D eigenvalue weighted by Gasteiger charge is -2.19. The molecule has 0 radical (unpaired) electrons. The Hall–Kier alpha value is -2.41. The zero-order valence-corrected chi connectivity index (χ0v) is 14.4. The molecule has 1 fully saturated rings. The number of nitrogens with one attached hydrogen (secondary N) is 1. The molecule has 2 amide bonds. The first kappa shape index (κ1) is 16.4. The van der Waals surface area contributed by atoms with Crippen LogP contribution in [0.15, 0.2) is 23.6 Å². The van der Waals surface area contributed by atoms with E-state index in [0.717, 1.165) is 42.3 Å². The van der Waals surface area contributed by atoms with Crippen molar-refractivity contribution in [1.82, 2.24) is 10.3 Å². The molecular formula is C17H20N4O2S. The number of rotatable bonds is 5. The Labute approximate surface area is 144 Å². The van der Waals surface area contributed by atoms with Crippen LogP contribution < -0.4 is 16.0 Å². The maximum atomic E-state index is 12.5. The predicted octanol–water partition coefficient (Wildman–Crippen LogP) is 2.08. The number of benzene rings is 1. The van der Waals surface area contributed by atoms with Crippen LogP contribution in [0.3, 0.4) is 0 Å². The van der Waals surface area contributed by atoms with Crippen LogP contribution >= 0.6 is 11.3 Å². The smallest absolute Gasteiger partial charge is 0.251 e. The van der Waals surface area contributed by atoms with Crippen molar-refractivity contribution in [3.63, 3.8) is 0 Å². The summed E-state index contributed by atoms with van der Waals surface area (Å²) >= 11 is 1.51. The number of hydrogen-bond donors (Lipinski definition) is 2. The molecule has 0 spiro atoms. The summed E-state index contributed by atoms with van der Waals surface area (Å²) in [5.41, 5.74) is 8.04. The minimum absolute atomic E-state index is 0.230. The third-order valence-corrected chi connectivity index (χ3v) is 4.97. The van der Waals surface area contributed by atoms with E-state index >= 15 is 0 Å². The summed E-state index contributed by atoms with van der Waals surface area (Å²) in [4.78, 5) is 30.5. The zero-order valence-electron chi connectivity index (χ0n) is 13.5. The second-order valence-corrected chi connectivity index (χ2v) is 6.83. The molecule has 1 aromatic carbocycles. The molecule has 1 aliphatic heterocycles. The number of primary amides is 1. The molecule has 3 rings (SSSR count). The minimum Gasteiger partial charge on any atom is -0.371 e. The van der Waals surface area contributed by atoms with Crippen molar-refractivity contribution in [2.24, 2.45) is 5.73 Å². The Bertz CT molecular complexity index is 766. The van der Waals surface area contributed by atoms with E-state index < -0.39 is 5.91 Å². The molecule has 0 saturated carbocycles. The van der Waals surface area contributed by atoms with Crippen molar-refractivity contribution in [2.45, 2.75) is 26.3 Å². The van der Waals surface area contributed by atoms with Crippen LogP contribution in [0.25, 0.3) is 0 Å². The van der Waals surface area contributed by atoms with Gasteiger partial charge in [0, 0.05) is 41.0 Å². The van der Waals surface area contributed by atoms with Gasteiger partial charge in [0.15, 0.2) is 0 Å². The Morgan fingerprint density at radius 2 is 1.96 bits per heavy atom. The van der Waals surface area contributed by atoms with E-state index in [2.05, 4.69) is 15.2 Å². The van der Waals surface area contributed by atoms with Gasteiger partial charge in [-0.15, -0.1) is 11.3 Å². The Morgan fingerprint density at radius 1 is 1.25 bits per heavy atom. The van der Waals surface area contributed by atoms with Gasteiger partial charge in [0.1, 0.15) is 5.01 Å². The number of aromatic nitrogens is 1. The van der Waals surface area contributed by atoms with Crippen molar-refractivity contribution >= 4 is 28.8 Å². The third-order valence-electron chi connectivity index (χ3n) is 4.00. The molecule has 2 heterocycles. The van der Waals surface area contributed by atoms with Crippen molar-refractivity contribution in [1.29, 1.82) is 0 Å². The molecule has 0 aliphatic carbocycles. The van der Waals surface area contributed by atoms with Crippen LogP contribution in [0.2, 0.25) is 0 Å². The number of carbonyl (C=O) groups excluding carboxylic acids is 2. The van der Waals surface area contributed by atoms with Gasteiger partial charge in [-0.2, -0.15) is 0 Å². The fraction of sp³-hybridized carbons (Fsp3) is 0.353. The average molecular weight is 344 g/mol. The second kappa shape index (κ2) is 7.00. The summed E-state index contributed by atoms with van der Waals surface area (Å²) in [6.07, 6.45) is 2.23. The standard InChI is InChI=1S/C17H20N4O2S/c1-11-10-24-15(20-11)9-19-17(23)13-6-12(16(18)22)7-14(8-13)21-4-2-3-5-21/h6-8,10H,2-5,9H2,1H3,(H2,18,22)(H,19,23). The van der Waals surface area contributed by atoms with E-state index in [1.165, 1.54) is 11.3 Å². The molecule has 1 saturated heterocycles. The molecule has 1 aromatic heterocycles. The van der Waals surface area contributed by atoms with Crippen molar-refractivity contribution in [2.75, 3.05) is 18.0 Å². The van der Waals surface area contributed by atoms with E-state index in [1.54, 1.807) is 12.1 Å². The molecule has 7 heteroatoms. The minimum atomic E-state index is -0.527. The third kappa shape index (κ3) is 3.73. The molecule has 0 unspecified atom stereocenters. The number of hydrogen-bond acceptors (Lipinski definition) is 5. The highest BCUT2D eigenvalue weighted by Crippen LogP contribution is 2.23. The van der Waals surface area contributed by atoms with E-state index in [9.17, 15) is 9.59 Å². The number of nitrogens with zero attached hydrogens (tertiary/aromatic N) is 2. The van der Waals surface area contributed by atoms with E-state index in [1.807, 2.05) is 18.4 Å². The maximum absolute atomic E-state index is 12.5. The molecule has 24 heavy (non-hydrogen) atoms. The summed E-state index contributed by atoms with van der Waals surface area (Å²) in [7, 11) is 0. The summed E-state index contributed by atoms with van der Waals surface area (Å²) < 4.78 is 0. The van der Waals surface area contributed by atoms with Crippen LogP contribution in [0.1, 0.15) is 44.3 Å². The number of aryl methyl sites for hydroxylation is 1. The second-order valence-electron chi connectivity index (χ2n) is 5.89. The topological polar surface area (TPSA) is 88.3 Å². The molecular weight excluding hydrogens is 324 g/mol. The van der Waals surface area contributed by atoms with Crippen LogP contribution in [0.4, 0.5) is 5.69 Å². The van der Waals surface area contributed by atoms with E-state index in [4.69, 9.17) is 5.73 Å². The monoisotopic (exact) mass is 344 g/mol. The lowest BCUT2D eigenvalue weighted by molar-refractivity contribution is 0.0951. The number of amides is 2. The SMILES string of the molecule is Cc1csc(CNC(=O)c2cc(C(N)=O)cc(N3CCCC3)c2)n1. The van der Waals surface area contributed by atoms with Crippen molar-refractivity contribution < 1.29 is 9.59 Å². The fourth-order valence-corrected chi connectivity index (χ4v) is 3.50. The molecule has 6 nitrogen and oxygen atoms in total. The number of carbonyl (C=O) groups is 2. The maximum Gasteiger partial charge on any atom is 0.251 e. The molecule has 2 aromatic rings. The van der Waals surface area contributed by atoms with Gasteiger partial charge in [0.25, 0.3) is 5.91 Å². The first-order valence-electron chi connectivity index (χ1n) is 7.92. The number of anilines is 1. The van der Waals surface area contributed by atoms with Crippen LogP contribution in [0.5, 0.6) is 0 Å². The number of nitrogens with two attached hydrogens (primary N) is 1. The highest BCUT2D eigenvalue weighted by atomic mass is 32.1. The molecule has 1 aliphatic rings. The summed E-state index contributed by atoms with van der Waals surface area (Å²) in [5.74, 6) is -0.757. The lowest BCUT2D eigenvalue weighted by atomic mass is 10.1. The van der Waals surface area contributed by atoms with Gasteiger partial charge in [-0.05, 0) is 38.0 Å². The fourth-order valence-electron chi connectivity index (χ4n) is 2.78. The zero-order chi connectivity index (χ0) is 17.1. The quantitative estimate of drug-likeness (QED) is 0.869. The first-order chi connectivity index (χ1) is 11.5. The van der Waals surface area contributed by atoms with Crippen LogP contribution in [-0.2, 0) is 6.54 Å². The van der Waals surface area contributed by atoms with Crippen LogP contribution in [0, 0.1) is 6.92 Å². The summed E-state index contributed by atoms with van der Waals surface area (Å²) in [6.45, 7) is 4.15. The average Bonchev–Trinajstić information content (AvgIpc) is 3.23. The molecule has 0 atom stereocenters. The normalized spacial score (nSPS) is 14.0. The van der Waals surface area contributed by atoms with E-state index in [-0.39, 0.29) is 5.91 Å². The molecule has 0 bridgehead atoms. The largest absolute Gasteiger partial charge is 0.371 e. The van der Waals surface area contributed by atoms with Gasteiger partial charge in [-0.3, -0.25) is 9.59 Å². The van der Waals surface area contributed by atoms with Crippen molar-refractivity contribution in [3.8, 4) is 0 Å². The summed E-state index contributed by atoms with van der Waals surface area (Å²) in [5, 5.41) is 5.65. The number of thiazole rings is 1. The predicted molar refractivity (Wildman–Crippen MR) is 94.4 cm³/mol. The van der Waals surface area contributed by atoms with Gasteiger partial charge in [0.2, 0.25) is 5.91 Å². The Kier molecular flexibility index (Phi) is 4.80. The lowest BCUT2D eigenvalue weighted by Crippen LogP contribution is -2.25. The highest BCUT2D eigenvalue weighted by Gasteiger charge is 2.17. The van der Waals surface area contributed by atoms with Gasteiger partial charge in [-0.1, -0.05) is 0 Å². The van der Waals surface area contributed by atoms with Gasteiger partial charge < -0.3 is 16.0 Å². The first-order valence-corrected chi connectivity index (χ1v) is 8.80. The molecule has 126 valence electrons. The highest BCUT2D eigenvalue weighted by molar-refractivity contribution is 7.09. The van der Waals surface area contributed by atoms with Gasteiger partial charge in [0.05, 0.1) is 6.54 Å².